The third-order valence-corrected chi connectivity index (χ3v) is 17.2. The molecule has 0 radical (unpaired) electrons. The third-order valence-electron chi connectivity index (χ3n) is 15.0. The maximum atomic E-state index is 13.6. The van der Waals surface area contributed by atoms with Crippen LogP contribution in [0.1, 0.15) is 343 Å². The van der Waals surface area contributed by atoms with Crippen LogP contribution in [0.5, 0.6) is 0 Å². The zero-order valence-corrected chi connectivity index (χ0v) is 50.3. The van der Waals surface area contributed by atoms with Crippen molar-refractivity contribution in [3.05, 3.63) is 87.5 Å². The van der Waals surface area contributed by atoms with Crippen molar-refractivity contribution in [2.24, 2.45) is 0 Å². The van der Waals surface area contributed by atoms with Crippen molar-refractivity contribution in [1.82, 2.24) is 0 Å². The Hall–Kier alpha value is -2.48. The summed E-state index contributed by atoms with van der Waals surface area (Å²) < 4.78 is 1.42. The molecule has 418 valence electrons. The van der Waals surface area contributed by atoms with Gasteiger partial charge in [-0.25, -0.2) is 4.70 Å². The number of rotatable bonds is 48. The van der Waals surface area contributed by atoms with Gasteiger partial charge in [0.25, 0.3) is 0 Å². The van der Waals surface area contributed by atoms with Crippen molar-refractivity contribution in [3.63, 3.8) is 0 Å². The van der Waals surface area contributed by atoms with Crippen LogP contribution in [-0.4, -0.2) is 16.3 Å². The van der Waals surface area contributed by atoms with E-state index in [0.29, 0.717) is 12.8 Å². The van der Waals surface area contributed by atoms with Crippen LogP contribution in [0.15, 0.2) is 59.7 Å². The molecule has 73 heavy (non-hydrogen) atoms. The fraction of sp³-hybridized carbons (Fsp3) is 0.735. The molecule has 0 saturated carbocycles. The molecule has 1 aliphatic heterocycles. The molecule has 0 saturated heterocycles. The van der Waals surface area contributed by atoms with Crippen LogP contribution in [0.25, 0.3) is 16.9 Å². The summed E-state index contributed by atoms with van der Waals surface area (Å²) in [7, 11) is 0. The van der Waals surface area contributed by atoms with Gasteiger partial charge in [-0.2, -0.15) is 0 Å². The zero-order chi connectivity index (χ0) is 52.8. The van der Waals surface area contributed by atoms with Gasteiger partial charge in [0.15, 0.2) is 11.6 Å². The van der Waals surface area contributed by atoms with E-state index in [0.717, 1.165) is 109 Å². The topological polar surface area (TPSA) is 59.4 Å². The molecule has 1 aliphatic rings. The van der Waals surface area contributed by atoms with E-state index in [1.807, 2.05) is 36.4 Å². The van der Waals surface area contributed by atoms with E-state index in [4.69, 9.17) is 0 Å². The SMILES string of the molecule is CCCCCCCCCCCCC1=C(c2cccc(C(=O)CCCCCCCCCCC)c2)[N+](=[N-])C(c2cccc(C(=O)CCCCCCCCCCC)c2)=C1CCCC.CCCCC[CH2][Pd][CH2]CCCCC. The van der Waals surface area contributed by atoms with Gasteiger partial charge < -0.3 is 5.53 Å². The number of allylic oxidation sites excluding steroid dienone is 2. The van der Waals surface area contributed by atoms with E-state index < -0.39 is 0 Å². The normalized spacial score (nSPS) is 12.6. The van der Waals surface area contributed by atoms with Gasteiger partial charge in [-0.3, -0.25) is 9.59 Å². The Labute approximate surface area is 461 Å². The molecule has 0 unspecified atom stereocenters. The Morgan fingerprint density at radius 3 is 1.00 bits per heavy atom. The van der Waals surface area contributed by atoms with E-state index in [1.165, 1.54) is 225 Å². The number of hydrogen-bond donors (Lipinski definition) is 0. The molecule has 0 amide bonds. The summed E-state index contributed by atoms with van der Waals surface area (Å²) in [5.41, 5.74) is 19.6. The molecule has 0 aromatic heterocycles. The number of carbonyl (C=O) groups is 2. The minimum absolute atomic E-state index is 0.190. The van der Waals surface area contributed by atoms with Gasteiger partial charge in [-0.05, 0) is 62.8 Å². The predicted molar refractivity (Wildman–Crippen MR) is 317 cm³/mol. The second kappa shape index (κ2) is 46.8. The fourth-order valence-corrected chi connectivity index (χ4v) is 12.3. The Morgan fingerprint density at radius 1 is 0.370 bits per heavy atom. The van der Waals surface area contributed by atoms with Crippen molar-refractivity contribution in [3.8, 4) is 0 Å². The molecule has 0 spiro atoms. The number of nitrogens with zero attached hydrogens (tertiary/aromatic N) is 2. The first-order chi connectivity index (χ1) is 35.9. The van der Waals surface area contributed by atoms with E-state index >= 15 is 0 Å². The summed E-state index contributed by atoms with van der Waals surface area (Å²) in [6.07, 6.45) is 51.6. The molecular weight excluding hydrogens is 983 g/mol. The molecule has 5 heteroatoms. The maximum absolute atomic E-state index is 13.6. The van der Waals surface area contributed by atoms with E-state index in [-0.39, 0.29) is 11.6 Å². The van der Waals surface area contributed by atoms with E-state index in [9.17, 15) is 15.1 Å². The average molecular weight is 1100 g/mol. The van der Waals surface area contributed by atoms with Crippen LogP contribution in [0, 0.1) is 0 Å². The molecule has 0 N–H and O–H groups in total. The summed E-state index contributed by atoms with van der Waals surface area (Å²) in [5, 5.41) is 0. The fourth-order valence-electron chi connectivity index (χ4n) is 10.3. The number of ketones is 2. The molecule has 0 bridgehead atoms. The molecule has 0 aliphatic carbocycles. The van der Waals surface area contributed by atoms with Crippen molar-refractivity contribution in [2.45, 2.75) is 321 Å². The quantitative estimate of drug-likeness (QED) is 0.0287. The summed E-state index contributed by atoms with van der Waals surface area (Å²) in [6.45, 7) is 13.6. The van der Waals surface area contributed by atoms with Crippen LogP contribution >= 0.6 is 0 Å². The van der Waals surface area contributed by atoms with Gasteiger partial charge in [-0.1, -0.05) is 219 Å². The van der Waals surface area contributed by atoms with Crippen molar-refractivity contribution >= 4 is 23.0 Å². The van der Waals surface area contributed by atoms with Gasteiger partial charge in [0.1, 0.15) is 0 Å². The number of benzene rings is 2. The third kappa shape index (κ3) is 30.8. The Kier molecular flexibility index (Phi) is 42.7. The average Bonchev–Trinajstić information content (AvgIpc) is 3.69. The van der Waals surface area contributed by atoms with E-state index in [2.05, 4.69) is 53.7 Å². The number of Topliss-reactive ketones (excluding diaryl/α,β-unsaturated/α-hetero) is 2. The summed E-state index contributed by atoms with van der Waals surface area (Å²) >= 11 is 1.07. The first-order valence-corrected chi connectivity index (χ1v) is 33.8. The summed E-state index contributed by atoms with van der Waals surface area (Å²) in [6, 6.07) is 16.1. The van der Waals surface area contributed by atoms with Crippen LogP contribution in [0.4, 0.5) is 0 Å². The Balaban J connectivity index is 0.00000123. The Bertz CT molecular complexity index is 1760. The first kappa shape index (κ1) is 66.6. The molecule has 2 aromatic carbocycles. The van der Waals surface area contributed by atoms with Crippen LogP contribution < -0.4 is 0 Å². The van der Waals surface area contributed by atoms with Gasteiger partial charge in [0.2, 0.25) is 11.4 Å². The van der Waals surface area contributed by atoms with Gasteiger partial charge in [0.05, 0.1) is 0 Å². The van der Waals surface area contributed by atoms with E-state index in [1.54, 1.807) is 0 Å². The number of hydrogen-bond acceptors (Lipinski definition) is 2. The second-order valence-corrected chi connectivity index (χ2v) is 24.1. The van der Waals surface area contributed by atoms with Crippen LogP contribution in [0.2, 0.25) is 9.79 Å². The van der Waals surface area contributed by atoms with Gasteiger partial charge >= 0.3 is 93.0 Å². The molecule has 2 aromatic rings. The standard InChI is InChI=1S/C56H88N2O2.2C6H13.Pd/c1-5-9-13-16-19-22-25-26-29-32-42-52-51(41-12-8-4)55(49-39-35-37-47(45-49)53(59)43-33-30-27-23-20-17-14-10-6-2)58(57)56(52)50-40-36-38-48(46-50)54(60)44-34-31-28-24-21-18-15-11-7-3;2*1-3-5-6-4-2;/h35-40,45-46H,5-34,41-44H2,1-4H3;2*1,3-6H2,2H3;. The van der Waals surface area contributed by atoms with Gasteiger partial charge in [0, 0.05) is 46.2 Å². The van der Waals surface area contributed by atoms with Crippen LogP contribution in [0.3, 0.4) is 0 Å². The van der Waals surface area contributed by atoms with Crippen molar-refractivity contribution in [1.29, 1.82) is 0 Å². The zero-order valence-electron chi connectivity index (χ0n) is 48.8. The number of carbonyl (C=O) groups excluding carboxylic acids is 2. The summed E-state index contributed by atoms with van der Waals surface area (Å²) in [4.78, 5) is 30.2. The molecule has 1 heterocycles. The van der Waals surface area contributed by atoms with Crippen molar-refractivity contribution in [2.75, 3.05) is 0 Å². The predicted octanol–water partition coefficient (Wildman–Crippen LogP) is 23.6. The molecular formula is C68H114N2O2Pd. The van der Waals surface area contributed by atoms with Crippen molar-refractivity contribution < 1.29 is 32.3 Å². The first-order valence-electron chi connectivity index (χ1n) is 31.6. The molecule has 0 atom stereocenters. The second-order valence-electron chi connectivity index (χ2n) is 21.8. The molecule has 0 fully saturated rings. The number of unbranched alkanes of at least 4 members (excludes halogenated alkanes) is 32. The molecule has 3 rings (SSSR count). The minimum atomic E-state index is 0.190. The monoisotopic (exact) mass is 1100 g/mol. The Morgan fingerprint density at radius 2 is 0.658 bits per heavy atom. The van der Waals surface area contributed by atoms with Crippen LogP contribution in [-0.2, 0) is 18.0 Å². The molecule has 4 nitrogen and oxygen atoms in total. The van der Waals surface area contributed by atoms with Gasteiger partial charge in [-0.15, -0.1) is 0 Å². The summed E-state index contributed by atoms with van der Waals surface area (Å²) in [5.74, 6) is 0.381.